The van der Waals surface area contributed by atoms with E-state index >= 15 is 0 Å². The van der Waals surface area contributed by atoms with Crippen LogP contribution in [0.4, 0.5) is 0 Å². The van der Waals surface area contributed by atoms with Gasteiger partial charge in [-0.2, -0.15) is 0 Å². The molecule has 0 aliphatic carbocycles. The van der Waals surface area contributed by atoms with Gasteiger partial charge in [0.25, 0.3) is 0 Å². The first-order chi connectivity index (χ1) is 15.3. The van der Waals surface area contributed by atoms with Crippen LogP contribution in [0.15, 0.2) is 65.7 Å². The summed E-state index contributed by atoms with van der Waals surface area (Å²) in [6, 6.07) is 22.6. The molecule has 2 aromatic carbocycles. The second-order valence-electron chi connectivity index (χ2n) is 8.80. The normalized spacial score (nSPS) is 20.0. The fourth-order valence-corrected chi connectivity index (χ4v) is 4.84. The Balaban J connectivity index is 1.26. The number of benzene rings is 2. The Labute approximate surface area is 187 Å². The predicted molar refractivity (Wildman–Crippen MR) is 129 cm³/mol. The van der Waals surface area contributed by atoms with Gasteiger partial charge in [0.15, 0.2) is 5.96 Å². The van der Waals surface area contributed by atoms with E-state index in [1.807, 2.05) is 7.05 Å². The Kier molecular flexibility index (Phi) is 7.97. The fraction of sp³-hybridized carbons (Fsp3) is 0.500. The fourth-order valence-electron chi connectivity index (χ4n) is 4.84. The number of piperidine rings is 1. The molecular weight excluding hydrogens is 382 g/mol. The molecule has 5 heteroatoms. The molecule has 1 unspecified atom stereocenters. The van der Waals surface area contributed by atoms with Crippen molar-refractivity contribution in [2.45, 2.75) is 44.3 Å². The second kappa shape index (κ2) is 11.3. The molecule has 0 amide bonds. The molecule has 0 aromatic heterocycles. The highest BCUT2D eigenvalue weighted by Crippen LogP contribution is 2.24. The first kappa shape index (κ1) is 21.8. The van der Waals surface area contributed by atoms with Crippen LogP contribution in [0.25, 0.3) is 0 Å². The zero-order valence-electron chi connectivity index (χ0n) is 18.8. The SMILES string of the molecule is CN=C(NCC(c1ccccc1)N1CCCC1)NC1CCN(Cc2ccccc2)CC1. The summed E-state index contributed by atoms with van der Waals surface area (Å²) in [6.45, 7) is 6.57. The van der Waals surface area contributed by atoms with Crippen LogP contribution in [0, 0.1) is 0 Å². The van der Waals surface area contributed by atoms with E-state index in [-0.39, 0.29) is 0 Å². The molecule has 2 N–H and O–H groups in total. The monoisotopic (exact) mass is 419 g/mol. The average molecular weight is 420 g/mol. The Bertz CT molecular complexity index is 793. The van der Waals surface area contributed by atoms with Crippen molar-refractivity contribution < 1.29 is 0 Å². The molecule has 0 bridgehead atoms. The van der Waals surface area contributed by atoms with Gasteiger partial charge in [-0.1, -0.05) is 60.7 Å². The summed E-state index contributed by atoms with van der Waals surface area (Å²) in [4.78, 5) is 9.69. The third kappa shape index (κ3) is 6.31. The highest BCUT2D eigenvalue weighted by molar-refractivity contribution is 5.80. The van der Waals surface area contributed by atoms with E-state index in [0.29, 0.717) is 12.1 Å². The van der Waals surface area contributed by atoms with Crippen LogP contribution in [-0.2, 0) is 6.54 Å². The summed E-state index contributed by atoms with van der Waals surface area (Å²) in [5.41, 5.74) is 2.79. The molecule has 0 spiro atoms. The standard InChI is InChI=1S/C26H37N5/c1-27-26(28-20-25(31-16-8-9-17-31)23-12-6-3-7-13-23)29-24-14-18-30(19-15-24)21-22-10-4-2-5-11-22/h2-7,10-13,24-25H,8-9,14-21H2,1H3,(H2,27,28,29). The molecule has 2 fully saturated rings. The molecule has 1 atom stereocenters. The minimum Gasteiger partial charge on any atom is -0.354 e. The predicted octanol–water partition coefficient (Wildman–Crippen LogP) is 3.65. The molecule has 166 valence electrons. The smallest absolute Gasteiger partial charge is 0.191 e. The third-order valence-corrected chi connectivity index (χ3v) is 6.63. The van der Waals surface area contributed by atoms with Gasteiger partial charge in [-0.05, 0) is 49.9 Å². The number of guanidine groups is 1. The molecule has 0 radical (unpaired) electrons. The van der Waals surface area contributed by atoms with Crippen molar-refractivity contribution in [2.24, 2.45) is 4.99 Å². The largest absolute Gasteiger partial charge is 0.354 e. The van der Waals surface area contributed by atoms with Crippen LogP contribution in [0.3, 0.4) is 0 Å². The summed E-state index contributed by atoms with van der Waals surface area (Å²) < 4.78 is 0. The van der Waals surface area contributed by atoms with E-state index in [9.17, 15) is 0 Å². The molecule has 0 saturated carbocycles. The summed E-state index contributed by atoms with van der Waals surface area (Å²) in [5.74, 6) is 0.932. The molecule has 2 aromatic rings. The molecule has 5 nitrogen and oxygen atoms in total. The summed E-state index contributed by atoms with van der Waals surface area (Å²) in [5, 5.41) is 7.31. The molecule has 31 heavy (non-hydrogen) atoms. The van der Waals surface area contributed by atoms with Crippen molar-refractivity contribution in [2.75, 3.05) is 39.8 Å². The highest BCUT2D eigenvalue weighted by atomic mass is 15.2. The Morgan fingerprint density at radius 2 is 1.58 bits per heavy atom. The van der Waals surface area contributed by atoms with Crippen molar-refractivity contribution in [1.29, 1.82) is 0 Å². The van der Waals surface area contributed by atoms with Crippen LogP contribution < -0.4 is 10.6 Å². The molecule has 2 aliphatic heterocycles. The maximum absolute atomic E-state index is 4.52. The van der Waals surface area contributed by atoms with E-state index in [4.69, 9.17) is 0 Å². The zero-order valence-corrected chi connectivity index (χ0v) is 18.8. The van der Waals surface area contributed by atoms with Crippen LogP contribution in [0.2, 0.25) is 0 Å². The maximum Gasteiger partial charge on any atom is 0.191 e. The quantitative estimate of drug-likeness (QED) is 0.531. The van der Waals surface area contributed by atoms with Crippen molar-refractivity contribution in [3.05, 3.63) is 71.8 Å². The number of rotatable bonds is 7. The molecule has 4 rings (SSSR count). The van der Waals surface area contributed by atoms with E-state index in [0.717, 1.165) is 45.0 Å². The summed E-state index contributed by atoms with van der Waals surface area (Å²) >= 11 is 0. The lowest BCUT2D eigenvalue weighted by Gasteiger charge is -2.34. The van der Waals surface area contributed by atoms with Gasteiger partial charge in [0.2, 0.25) is 0 Å². The van der Waals surface area contributed by atoms with E-state index < -0.39 is 0 Å². The number of nitrogens with zero attached hydrogens (tertiary/aromatic N) is 3. The lowest BCUT2D eigenvalue weighted by atomic mass is 10.0. The lowest BCUT2D eigenvalue weighted by molar-refractivity contribution is 0.198. The third-order valence-electron chi connectivity index (χ3n) is 6.63. The van der Waals surface area contributed by atoms with Crippen molar-refractivity contribution in [3.8, 4) is 0 Å². The minimum absolute atomic E-state index is 0.398. The summed E-state index contributed by atoms with van der Waals surface area (Å²) in [7, 11) is 1.88. The van der Waals surface area contributed by atoms with Crippen molar-refractivity contribution in [3.63, 3.8) is 0 Å². The second-order valence-corrected chi connectivity index (χ2v) is 8.80. The first-order valence-corrected chi connectivity index (χ1v) is 11.8. The minimum atomic E-state index is 0.398. The Morgan fingerprint density at radius 3 is 2.23 bits per heavy atom. The molecule has 2 aliphatic rings. The number of aliphatic imine (C=N–C) groups is 1. The number of hydrogen-bond acceptors (Lipinski definition) is 3. The lowest BCUT2D eigenvalue weighted by Crippen LogP contribution is -2.49. The number of likely N-dealkylation sites (tertiary alicyclic amines) is 2. The highest BCUT2D eigenvalue weighted by Gasteiger charge is 2.24. The van der Waals surface area contributed by atoms with Crippen molar-refractivity contribution in [1.82, 2.24) is 20.4 Å². The van der Waals surface area contributed by atoms with E-state index in [1.165, 1.54) is 37.1 Å². The maximum atomic E-state index is 4.52. The van der Waals surface area contributed by atoms with Crippen molar-refractivity contribution >= 4 is 5.96 Å². The van der Waals surface area contributed by atoms with Gasteiger partial charge in [-0.25, -0.2) is 0 Å². The van der Waals surface area contributed by atoms with Gasteiger partial charge in [0, 0.05) is 39.3 Å². The van der Waals surface area contributed by atoms with Crippen LogP contribution in [-0.4, -0.2) is 61.6 Å². The van der Waals surface area contributed by atoms with E-state index in [2.05, 4.69) is 86.1 Å². The van der Waals surface area contributed by atoms with E-state index in [1.54, 1.807) is 0 Å². The summed E-state index contributed by atoms with van der Waals surface area (Å²) in [6.07, 6.45) is 4.92. The first-order valence-electron chi connectivity index (χ1n) is 11.8. The van der Waals surface area contributed by atoms with Gasteiger partial charge in [0.1, 0.15) is 0 Å². The zero-order chi connectivity index (χ0) is 21.3. The topological polar surface area (TPSA) is 42.9 Å². The Hall–Kier alpha value is -2.37. The molecule has 2 heterocycles. The molecule has 2 saturated heterocycles. The van der Waals surface area contributed by atoms with Crippen LogP contribution in [0.1, 0.15) is 42.9 Å². The van der Waals surface area contributed by atoms with Crippen LogP contribution >= 0.6 is 0 Å². The van der Waals surface area contributed by atoms with Crippen LogP contribution in [0.5, 0.6) is 0 Å². The Morgan fingerprint density at radius 1 is 0.935 bits per heavy atom. The van der Waals surface area contributed by atoms with Gasteiger partial charge < -0.3 is 10.6 Å². The van der Waals surface area contributed by atoms with Gasteiger partial charge in [0.05, 0.1) is 6.04 Å². The average Bonchev–Trinajstić information content (AvgIpc) is 3.36. The van der Waals surface area contributed by atoms with Gasteiger partial charge in [-0.3, -0.25) is 14.8 Å². The molecular formula is C26H37N5. The van der Waals surface area contributed by atoms with Gasteiger partial charge in [-0.15, -0.1) is 0 Å². The van der Waals surface area contributed by atoms with Gasteiger partial charge >= 0.3 is 0 Å². The number of nitrogens with one attached hydrogen (secondary N) is 2. The number of hydrogen-bond donors (Lipinski definition) is 2.